The van der Waals surface area contributed by atoms with E-state index in [0.717, 1.165) is 6.20 Å². The molecule has 1 rings (SSSR count). The second kappa shape index (κ2) is 5.95. The maximum Gasteiger partial charge on any atom is 0.326 e. The highest BCUT2D eigenvalue weighted by Crippen LogP contribution is 2.15. The van der Waals surface area contributed by atoms with Gasteiger partial charge >= 0.3 is 5.97 Å². The summed E-state index contributed by atoms with van der Waals surface area (Å²) in [5.74, 6) is -0.436. The predicted octanol–water partition coefficient (Wildman–Crippen LogP) is 1.90. The zero-order valence-electron chi connectivity index (χ0n) is 10.2. The number of anilines is 1. The number of nitrogens with zero attached hydrogens (tertiary/aromatic N) is 2. The van der Waals surface area contributed by atoms with Crippen molar-refractivity contribution in [3.63, 3.8) is 0 Å². The van der Waals surface area contributed by atoms with E-state index in [1.165, 1.54) is 12.1 Å². The molecule has 1 aromatic rings. The summed E-state index contributed by atoms with van der Waals surface area (Å²) in [4.78, 5) is 24.7. The molecule has 0 spiro atoms. The van der Waals surface area contributed by atoms with Gasteiger partial charge < -0.3 is 10.4 Å². The molecule has 7 nitrogen and oxygen atoms in total. The molecule has 0 radical (unpaired) electrons. The molecule has 0 aliphatic carbocycles. The average Bonchev–Trinajstić information content (AvgIpc) is 2.28. The van der Waals surface area contributed by atoms with Crippen molar-refractivity contribution in [1.82, 2.24) is 4.98 Å². The van der Waals surface area contributed by atoms with E-state index in [2.05, 4.69) is 10.3 Å². The topological polar surface area (TPSA) is 105 Å². The highest BCUT2D eigenvalue weighted by atomic mass is 16.6. The number of carboxylic acids is 1. The minimum atomic E-state index is -0.969. The van der Waals surface area contributed by atoms with Crippen molar-refractivity contribution < 1.29 is 14.8 Å². The Bertz CT molecular complexity index is 430. The number of aromatic nitrogens is 1. The van der Waals surface area contributed by atoms with Crippen LogP contribution < -0.4 is 5.32 Å². The molecule has 18 heavy (non-hydrogen) atoms. The van der Waals surface area contributed by atoms with E-state index in [0.29, 0.717) is 12.2 Å². The third-order valence-electron chi connectivity index (χ3n) is 2.29. The van der Waals surface area contributed by atoms with Crippen molar-refractivity contribution in [2.45, 2.75) is 26.3 Å². The highest BCUT2D eigenvalue weighted by Gasteiger charge is 2.19. The standard InChI is InChI=1S/C11H15N3O4/c1-7(2)5-9(11(15)16)13-10-4-3-8(6-12-10)14(17)18/h3-4,6-7,9H,5H2,1-2H3,(H,12,13)(H,15,16). The first-order valence-electron chi connectivity index (χ1n) is 5.50. The predicted molar refractivity (Wildman–Crippen MR) is 65.4 cm³/mol. The molecule has 0 aliphatic rings. The highest BCUT2D eigenvalue weighted by molar-refractivity contribution is 5.76. The van der Waals surface area contributed by atoms with Gasteiger partial charge in [-0.1, -0.05) is 13.8 Å². The molecule has 0 saturated heterocycles. The van der Waals surface area contributed by atoms with Crippen LogP contribution in [0.15, 0.2) is 18.3 Å². The number of aliphatic carboxylic acids is 1. The first-order chi connectivity index (χ1) is 8.40. The number of carbonyl (C=O) groups is 1. The van der Waals surface area contributed by atoms with Gasteiger partial charge in [-0.25, -0.2) is 9.78 Å². The van der Waals surface area contributed by atoms with Crippen LogP contribution in [-0.4, -0.2) is 27.0 Å². The van der Waals surface area contributed by atoms with Crippen molar-refractivity contribution in [2.75, 3.05) is 5.32 Å². The number of hydrogen-bond acceptors (Lipinski definition) is 5. The quantitative estimate of drug-likeness (QED) is 0.592. The van der Waals surface area contributed by atoms with Crippen LogP contribution in [0.5, 0.6) is 0 Å². The van der Waals surface area contributed by atoms with Crippen LogP contribution in [-0.2, 0) is 4.79 Å². The Morgan fingerprint density at radius 2 is 2.22 bits per heavy atom. The minimum absolute atomic E-state index is 0.128. The van der Waals surface area contributed by atoms with Crippen LogP contribution in [0.3, 0.4) is 0 Å². The maximum atomic E-state index is 11.0. The Balaban J connectivity index is 2.75. The molecule has 0 aliphatic heterocycles. The molecule has 98 valence electrons. The smallest absolute Gasteiger partial charge is 0.326 e. The molecule has 1 heterocycles. The molecule has 7 heteroatoms. The Hall–Kier alpha value is -2.18. The number of rotatable bonds is 6. The third-order valence-corrected chi connectivity index (χ3v) is 2.29. The van der Waals surface area contributed by atoms with Crippen molar-refractivity contribution >= 4 is 17.5 Å². The second-order valence-corrected chi connectivity index (χ2v) is 4.32. The van der Waals surface area contributed by atoms with Gasteiger partial charge in [0.1, 0.15) is 18.1 Å². The lowest BCUT2D eigenvalue weighted by molar-refractivity contribution is -0.385. The molecule has 2 N–H and O–H groups in total. The molecule has 1 atom stereocenters. The zero-order chi connectivity index (χ0) is 13.7. The monoisotopic (exact) mass is 253 g/mol. The van der Waals surface area contributed by atoms with Crippen LogP contribution in [0, 0.1) is 16.0 Å². The number of hydrogen-bond donors (Lipinski definition) is 2. The van der Waals surface area contributed by atoms with E-state index < -0.39 is 16.9 Å². The van der Waals surface area contributed by atoms with Crippen molar-refractivity contribution in [2.24, 2.45) is 5.92 Å². The first kappa shape index (κ1) is 13.9. The van der Waals surface area contributed by atoms with Gasteiger partial charge in [0, 0.05) is 6.07 Å². The lowest BCUT2D eigenvalue weighted by Crippen LogP contribution is -2.31. The van der Waals surface area contributed by atoms with Gasteiger partial charge in [-0.05, 0) is 18.4 Å². The number of carboxylic acid groups (broad SMARTS) is 1. The zero-order valence-corrected chi connectivity index (χ0v) is 10.2. The molecule has 0 bridgehead atoms. The molecular weight excluding hydrogens is 238 g/mol. The van der Waals surface area contributed by atoms with Crippen LogP contribution in [0.4, 0.5) is 11.5 Å². The molecule has 0 fully saturated rings. The first-order valence-corrected chi connectivity index (χ1v) is 5.50. The summed E-state index contributed by atoms with van der Waals surface area (Å²) in [6.45, 7) is 3.84. The Labute approximate surface area is 104 Å². The normalized spacial score (nSPS) is 12.2. The van der Waals surface area contributed by atoms with Crippen LogP contribution >= 0.6 is 0 Å². The maximum absolute atomic E-state index is 11.0. The van der Waals surface area contributed by atoms with Gasteiger partial charge in [0.2, 0.25) is 0 Å². The van der Waals surface area contributed by atoms with E-state index >= 15 is 0 Å². The lowest BCUT2D eigenvalue weighted by atomic mass is 10.0. The van der Waals surface area contributed by atoms with Gasteiger partial charge in [-0.3, -0.25) is 10.1 Å². The number of nitrogens with one attached hydrogen (secondary N) is 1. The molecule has 1 unspecified atom stereocenters. The fourth-order valence-corrected chi connectivity index (χ4v) is 1.45. The Morgan fingerprint density at radius 3 is 2.61 bits per heavy atom. The van der Waals surface area contributed by atoms with E-state index in [1.807, 2.05) is 13.8 Å². The van der Waals surface area contributed by atoms with Gasteiger partial charge in [-0.15, -0.1) is 0 Å². The van der Waals surface area contributed by atoms with E-state index in [1.54, 1.807) is 0 Å². The van der Waals surface area contributed by atoms with Gasteiger partial charge in [0.05, 0.1) is 4.92 Å². The van der Waals surface area contributed by atoms with E-state index in [9.17, 15) is 14.9 Å². The van der Waals surface area contributed by atoms with Crippen LogP contribution in [0.1, 0.15) is 20.3 Å². The lowest BCUT2D eigenvalue weighted by Gasteiger charge is -2.16. The SMILES string of the molecule is CC(C)CC(Nc1ccc([N+](=O)[O-])cn1)C(=O)O. The van der Waals surface area contributed by atoms with Crippen molar-refractivity contribution in [3.05, 3.63) is 28.4 Å². The third kappa shape index (κ3) is 4.00. The summed E-state index contributed by atoms with van der Waals surface area (Å²) in [5, 5.41) is 22.2. The molecule has 0 aromatic carbocycles. The number of nitro groups is 1. The fourth-order valence-electron chi connectivity index (χ4n) is 1.45. The summed E-state index contributed by atoms with van der Waals surface area (Å²) in [6.07, 6.45) is 1.55. The molecule has 0 saturated carbocycles. The summed E-state index contributed by atoms with van der Waals surface area (Å²) in [5.41, 5.74) is -0.128. The minimum Gasteiger partial charge on any atom is -0.480 e. The average molecular weight is 253 g/mol. The van der Waals surface area contributed by atoms with Crippen molar-refractivity contribution in [1.29, 1.82) is 0 Å². The van der Waals surface area contributed by atoms with Crippen LogP contribution in [0.2, 0.25) is 0 Å². The molecular formula is C11H15N3O4. The summed E-state index contributed by atoms with van der Waals surface area (Å²) in [6, 6.07) is 1.93. The molecule has 1 aromatic heterocycles. The Kier molecular flexibility index (Phi) is 4.59. The van der Waals surface area contributed by atoms with Gasteiger partial charge in [-0.2, -0.15) is 0 Å². The van der Waals surface area contributed by atoms with Gasteiger partial charge in [0.15, 0.2) is 0 Å². The fraction of sp³-hybridized carbons (Fsp3) is 0.455. The number of pyridine rings is 1. The van der Waals surface area contributed by atoms with E-state index in [-0.39, 0.29) is 11.6 Å². The molecule has 0 amide bonds. The van der Waals surface area contributed by atoms with E-state index in [4.69, 9.17) is 5.11 Å². The summed E-state index contributed by atoms with van der Waals surface area (Å²) < 4.78 is 0. The summed E-state index contributed by atoms with van der Waals surface area (Å²) >= 11 is 0. The second-order valence-electron chi connectivity index (χ2n) is 4.32. The van der Waals surface area contributed by atoms with Gasteiger partial charge in [0.25, 0.3) is 5.69 Å². The van der Waals surface area contributed by atoms with Crippen LogP contribution in [0.25, 0.3) is 0 Å². The Morgan fingerprint density at radius 1 is 1.56 bits per heavy atom. The van der Waals surface area contributed by atoms with Crippen molar-refractivity contribution in [3.8, 4) is 0 Å². The largest absolute Gasteiger partial charge is 0.480 e. The summed E-state index contributed by atoms with van der Waals surface area (Å²) in [7, 11) is 0.